The molecule has 132 valence electrons. The van der Waals surface area contributed by atoms with Gasteiger partial charge in [-0.05, 0) is 55.5 Å². The SMILES string of the molecule is CCOc1ccc(Nc2ccc(C(=O)NCc3ccccn3)cn2)cc1. The molecule has 0 unspecified atom stereocenters. The van der Waals surface area contributed by atoms with Gasteiger partial charge < -0.3 is 15.4 Å². The van der Waals surface area contributed by atoms with Crippen LogP contribution in [0.2, 0.25) is 0 Å². The molecule has 0 aliphatic rings. The molecular formula is C20H20N4O2. The molecule has 1 amide bonds. The molecule has 26 heavy (non-hydrogen) atoms. The van der Waals surface area contributed by atoms with Crippen molar-refractivity contribution in [2.75, 3.05) is 11.9 Å². The van der Waals surface area contributed by atoms with Gasteiger partial charge in [-0.25, -0.2) is 4.98 Å². The lowest BCUT2D eigenvalue weighted by Gasteiger charge is -2.08. The number of nitrogens with zero attached hydrogens (tertiary/aromatic N) is 2. The minimum absolute atomic E-state index is 0.184. The number of hydrogen-bond donors (Lipinski definition) is 2. The predicted octanol–water partition coefficient (Wildman–Crippen LogP) is 3.55. The maximum atomic E-state index is 12.2. The van der Waals surface area contributed by atoms with E-state index in [1.807, 2.05) is 49.4 Å². The molecule has 0 spiro atoms. The lowest BCUT2D eigenvalue weighted by molar-refractivity contribution is 0.0950. The number of rotatable bonds is 7. The van der Waals surface area contributed by atoms with E-state index in [0.717, 1.165) is 17.1 Å². The first kappa shape index (κ1) is 17.4. The molecular weight excluding hydrogens is 328 g/mol. The first-order valence-electron chi connectivity index (χ1n) is 8.38. The molecule has 0 radical (unpaired) electrons. The first-order valence-corrected chi connectivity index (χ1v) is 8.38. The Morgan fingerprint density at radius 1 is 1.04 bits per heavy atom. The van der Waals surface area contributed by atoms with Crippen LogP contribution in [0.1, 0.15) is 23.0 Å². The van der Waals surface area contributed by atoms with Crippen LogP contribution < -0.4 is 15.4 Å². The average Bonchev–Trinajstić information content (AvgIpc) is 2.69. The summed E-state index contributed by atoms with van der Waals surface area (Å²) in [5.41, 5.74) is 2.20. The van der Waals surface area contributed by atoms with Crippen LogP contribution in [0.4, 0.5) is 11.5 Å². The second-order valence-electron chi connectivity index (χ2n) is 5.52. The van der Waals surface area contributed by atoms with Gasteiger partial charge in [-0.2, -0.15) is 0 Å². The van der Waals surface area contributed by atoms with E-state index in [1.165, 1.54) is 0 Å². The normalized spacial score (nSPS) is 10.2. The summed E-state index contributed by atoms with van der Waals surface area (Å²) < 4.78 is 5.42. The summed E-state index contributed by atoms with van der Waals surface area (Å²) >= 11 is 0. The number of nitrogens with one attached hydrogen (secondary N) is 2. The minimum atomic E-state index is -0.184. The van der Waals surface area contributed by atoms with E-state index in [0.29, 0.717) is 24.5 Å². The second-order valence-corrected chi connectivity index (χ2v) is 5.52. The molecule has 3 rings (SSSR count). The van der Waals surface area contributed by atoms with Gasteiger partial charge in [0.05, 0.1) is 24.4 Å². The Morgan fingerprint density at radius 3 is 2.54 bits per heavy atom. The van der Waals surface area contributed by atoms with Crippen LogP contribution >= 0.6 is 0 Å². The van der Waals surface area contributed by atoms with Crippen molar-refractivity contribution in [3.05, 3.63) is 78.2 Å². The molecule has 0 saturated carbocycles. The van der Waals surface area contributed by atoms with E-state index in [2.05, 4.69) is 20.6 Å². The first-order chi connectivity index (χ1) is 12.7. The van der Waals surface area contributed by atoms with Gasteiger partial charge in [-0.3, -0.25) is 9.78 Å². The maximum Gasteiger partial charge on any atom is 0.253 e. The van der Waals surface area contributed by atoms with Crippen LogP contribution in [0.5, 0.6) is 5.75 Å². The molecule has 0 atom stereocenters. The van der Waals surface area contributed by atoms with E-state index in [-0.39, 0.29) is 5.91 Å². The summed E-state index contributed by atoms with van der Waals surface area (Å²) in [5.74, 6) is 1.30. The summed E-state index contributed by atoms with van der Waals surface area (Å²) in [6.07, 6.45) is 3.25. The highest BCUT2D eigenvalue weighted by molar-refractivity contribution is 5.94. The third-order valence-corrected chi connectivity index (χ3v) is 3.62. The largest absolute Gasteiger partial charge is 0.494 e. The Morgan fingerprint density at radius 2 is 1.88 bits per heavy atom. The smallest absolute Gasteiger partial charge is 0.253 e. The number of carbonyl (C=O) groups is 1. The van der Waals surface area contributed by atoms with Gasteiger partial charge in [-0.1, -0.05) is 6.07 Å². The van der Waals surface area contributed by atoms with Crippen molar-refractivity contribution >= 4 is 17.4 Å². The van der Waals surface area contributed by atoms with Crippen molar-refractivity contribution in [1.29, 1.82) is 0 Å². The molecule has 0 bridgehead atoms. The van der Waals surface area contributed by atoms with Crippen molar-refractivity contribution in [3.63, 3.8) is 0 Å². The maximum absolute atomic E-state index is 12.2. The molecule has 6 nitrogen and oxygen atoms in total. The zero-order valence-electron chi connectivity index (χ0n) is 14.5. The predicted molar refractivity (Wildman–Crippen MR) is 101 cm³/mol. The summed E-state index contributed by atoms with van der Waals surface area (Å²) in [6.45, 7) is 2.97. The monoisotopic (exact) mass is 348 g/mol. The van der Waals surface area contributed by atoms with E-state index in [4.69, 9.17) is 4.74 Å². The Hall–Kier alpha value is -3.41. The zero-order valence-corrected chi connectivity index (χ0v) is 14.5. The summed E-state index contributed by atoms with van der Waals surface area (Å²) in [6, 6.07) is 16.7. The number of hydrogen-bond acceptors (Lipinski definition) is 5. The minimum Gasteiger partial charge on any atom is -0.494 e. The molecule has 0 saturated heterocycles. The van der Waals surface area contributed by atoms with E-state index < -0.39 is 0 Å². The van der Waals surface area contributed by atoms with Crippen molar-refractivity contribution in [2.24, 2.45) is 0 Å². The number of benzene rings is 1. The molecule has 2 N–H and O–H groups in total. The van der Waals surface area contributed by atoms with Gasteiger partial charge in [0.15, 0.2) is 0 Å². The van der Waals surface area contributed by atoms with E-state index >= 15 is 0 Å². The fraction of sp³-hybridized carbons (Fsp3) is 0.150. The van der Waals surface area contributed by atoms with Crippen LogP contribution in [-0.4, -0.2) is 22.5 Å². The second kappa shape index (κ2) is 8.62. The Balaban J connectivity index is 1.56. The Labute approximate surface area is 152 Å². The van der Waals surface area contributed by atoms with Crippen molar-refractivity contribution in [3.8, 4) is 5.75 Å². The van der Waals surface area contributed by atoms with E-state index in [1.54, 1.807) is 24.5 Å². The average molecular weight is 348 g/mol. The zero-order chi connectivity index (χ0) is 18.2. The van der Waals surface area contributed by atoms with Gasteiger partial charge in [0, 0.05) is 18.1 Å². The number of ether oxygens (including phenoxy) is 1. The lowest BCUT2D eigenvalue weighted by atomic mass is 10.2. The highest BCUT2D eigenvalue weighted by atomic mass is 16.5. The van der Waals surface area contributed by atoms with Crippen molar-refractivity contribution in [1.82, 2.24) is 15.3 Å². The molecule has 0 aliphatic carbocycles. The van der Waals surface area contributed by atoms with Gasteiger partial charge in [0.25, 0.3) is 5.91 Å². The van der Waals surface area contributed by atoms with E-state index in [9.17, 15) is 4.79 Å². The third-order valence-electron chi connectivity index (χ3n) is 3.62. The number of anilines is 2. The topological polar surface area (TPSA) is 76.1 Å². The summed E-state index contributed by atoms with van der Waals surface area (Å²) in [4.78, 5) is 20.6. The van der Waals surface area contributed by atoms with Crippen molar-refractivity contribution < 1.29 is 9.53 Å². The van der Waals surface area contributed by atoms with Crippen LogP contribution in [0.15, 0.2) is 67.0 Å². The number of carbonyl (C=O) groups excluding carboxylic acids is 1. The van der Waals surface area contributed by atoms with Crippen LogP contribution in [0.25, 0.3) is 0 Å². The number of pyridine rings is 2. The quantitative estimate of drug-likeness (QED) is 0.683. The molecule has 1 aromatic carbocycles. The van der Waals surface area contributed by atoms with Crippen LogP contribution in [0.3, 0.4) is 0 Å². The number of amides is 1. The Kier molecular flexibility index (Phi) is 5.77. The standard InChI is InChI=1S/C20H20N4O2/c1-2-26-18-9-7-16(8-10-18)24-19-11-6-15(13-22-19)20(25)23-14-17-5-3-4-12-21-17/h3-13H,2,14H2,1H3,(H,22,24)(H,23,25). The highest BCUT2D eigenvalue weighted by Crippen LogP contribution is 2.19. The molecule has 0 aliphatic heterocycles. The Bertz CT molecular complexity index is 834. The fourth-order valence-corrected chi connectivity index (χ4v) is 2.33. The number of aromatic nitrogens is 2. The molecule has 2 heterocycles. The van der Waals surface area contributed by atoms with Gasteiger partial charge >= 0.3 is 0 Å². The van der Waals surface area contributed by atoms with Gasteiger partial charge in [0.1, 0.15) is 11.6 Å². The molecule has 2 aromatic heterocycles. The molecule has 3 aromatic rings. The fourth-order valence-electron chi connectivity index (χ4n) is 2.33. The lowest BCUT2D eigenvalue weighted by Crippen LogP contribution is -2.23. The third kappa shape index (κ3) is 4.80. The van der Waals surface area contributed by atoms with Crippen LogP contribution in [0, 0.1) is 0 Å². The molecule has 6 heteroatoms. The summed E-state index contributed by atoms with van der Waals surface area (Å²) in [7, 11) is 0. The van der Waals surface area contributed by atoms with Crippen LogP contribution in [-0.2, 0) is 6.54 Å². The van der Waals surface area contributed by atoms with Gasteiger partial charge in [-0.15, -0.1) is 0 Å². The van der Waals surface area contributed by atoms with Gasteiger partial charge in [0.2, 0.25) is 0 Å². The highest BCUT2D eigenvalue weighted by Gasteiger charge is 2.06. The molecule has 0 fully saturated rings. The summed E-state index contributed by atoms with van der Waals surface area (Å²) in [5, 5.41) is 6.02. The van der Waals surface area contributed by atoms with Crippen molar-refractivity contribution in [2.45, 2.75) is 13.5 Å².